The molecule has 0 saturated carbocycles. The van der Waals surface area contributed by atoms with Gasteiger partial charge in [-0.25, -0.2) is 9.97 Å². The second kappa shape index (κ2) is 8.99. The van der Waals surface area contributed by atoms with Crippen LogP contribution in [0.15, 0.2) is 30.5 Å². The number of piperazine rings is 1. The van der Waals surface area contributed by atoms with Gasteiger partial charge in [0.1, 0.15) is 0 Å². The highest BCUT2D eigenvalue weighted by atomic mass is 16.1. The van der Waals surface area contributed by atoms with E-state index in [2.05, 4.69) is 39.1 Å². The number of carbonyl (C=O) groups excluding carboxylic acids is 1. The van der Waals surface area contributed by atoms with E-state index in [0.717, 1.165) is 62.0 Å². The molecule has 8 nitrogen and oxygen atoms in total. The molecule has 1 amide bonds. The number of amides is 1. The number of nitrogens with one attached hydrogen (secondary N) is 1. The molecule has 0 aliphatic carbocycles. The maximum absolute atomic E-state index is 11.3. The normalized spacial score (nSPS) is 15.1. The average Bonchev–Trinajstić information content (AvgIpc) is 2.67. The molecular weight excluding hydrogens is 354 g/mol. The molecular formula is C20H29N7O. The molecule has 0 radical (unpaired) electrons. The molecule has 8 heteroatoms. The molecule has 0 bridgehead atoms. The zero-order valence-corrected chi connectivity index (χ0v) is 16.9. The molecule has 3 rings (SSSR count). The first-order chi connectivity index (χ1) is 13.4. The number of likely N-dealkylation sites (N-methyl/N-ethyl adjacent to an activating group) is 1. The van der Waals surface area contributed by atoms with Crippen molar-refractivity contribution < 1.29 is 4.79 Å². The van der Waals surface area contributed by atoms with Crippen molar-refractivity contribution in [2.24, 2.45) is 0 Å². The molecule has 1 aliphatic rings. The number of rotatable bonds is 6. The molecule has 150 valence electrons. The molecule has 1 saturated heterocycles. The number of nitrogens with zero attached hydrogens (tertiary/aromatic N) is 5. The molecule has 1 fully saturated rings. The summed E-state index contributed by atoms with van der Waals surface area (Å²) in [5.41, 5.74) is 8.51. The second-order valence-corrected chi connectivity index (χ2v) is 7.36. The highest BCUT2D eigenvalue weighted by Gasteiger charge is 2.21. The molecule has 0 unspecified atom stereocenters. The van der Waals surface area contributed by atoms with Crippen LogP contribution >= 0.6 is 0 Å². The van der Waals surface area contributed by atoms with Crippen molar-refractivity contribution in [2.45, 2.75) is 6.92 Å². The summed E-state index contributed by atoms with van der Waals surface area (Å²) < 4.78 is 0. The largest absolute Gasteiger partial charge is 0.381 e. The Labute approximate surface area is 166 Å². The van der Waals surface area contributed by atoms with Gasteiger partial charge in [-0.3, -0.25) is 9.69 Å². The number of nitrogens with two attached hydrogens (primary N) is 1. The summed E-state index contributed by atoms with van der Waals surface area (Å²) in [5.74, 6) is 1.08. The lowest BCUT2D eigenvalue weighted by Gasteiger charge is -2.36. The van der Waals surface area contributed by atoms with Crippen molar-refractivity contribution in [2.75, 3.05) is 69.3 Å². The fourth-order valence-electron chi connectivity index (χ4n) is 3.24. The van der Waals surface area contributed by atoms with Crippen molar-refractivity contribution in [1.82, 2.24) is 19.8 Å². The van der Waals surface area contributed by atoms with Crippen LogP contribution in [0.4, 0.5) is 17.3 Å². The van der Waals surface area contributed by atoms with Gasteiger partial charge in [0.05, 0.1) is 11.9 Å². The molecule has 1 aromatic carbocycles. The van der Waals surface area contributed by atoms with Gasteiger partial charge in [-0.05, 0) is 26.2 Å². The predicted molar refractivity (Wildman–Crippen MR) is 113 cm³/mol. The van der Waals surface area contributed by atoms with Gasteiger partial charge in [0.25, 0.3) is 0 Å². The van der Waals surface area contributed by atoms with Gasteiger partial charge >= 0.3 is 0 Å². The summed E-state index contributed by atoms with van der Waals surface area (Å²) in [7, 11) is 4.19. The van der Waals surface area contributed by atoms with Gasteiger partial charge in [-0.2, -0.15) is 0 Å². The monoisotopic (exact) mass is 383 g/mol. The highest BCUT2D eigenvalue weighted by Crippen LogP contribution is 2.26. The van der Waals surface area contributed by atoms with Crippen molar-refractivity contribution >= 4 is 23.2 Å². The number of benzene rings is 1. The maximum Gasteiger partial charge on any atom is 0.221 e. The van der Waals surface area contributed by atoms with Gasteiger partial charge in [0.15, 0.2) is 11.6 Å². The van der Waals surface area contributed by atoms with Crippen molar-refractivity contribution in [1.29, 1.82) is 0 Å². The smallest absolute Gasteiger partial charge is 0.221 e. The lowest BCUT2D eigenvalue weighted by atomic mass is 10.1. The lowest BCUT2D eigenvalue weighted by Crippen LogP contribution is -2.48. The van der Waals surface area contributed by atoms with Crippen LogP contribution in [0, 0.1) is 0 Å². The fraction of sp³-hybridized carbons (Fsp3) is 0.450. The molecule has 3 N–H and O–H groups in total. The number of nitrogen functional groups attached to an aromatic ring is 1. The minimum atomic E-state index is -0.103. The van der Waals surface area contributed by atoms with Crippen LogP contribution in [-0.4, -0.2) is 79.0 Å². The van der Waals surface area contributed by atoms with Crippen molar-refractivity contribution in [3.8, 4) is 11.3 Å². The first-order valence-corrected chi connectivity index (χ1v) is 9.55. The van der Waals surface area contributed by atoms with E-state index in [1.165, 1.54) is 6.92 Å². The van der Waals surface area contributed by atoms with E-state index >= 15 is 0 Å². The van der Waals surface area contributed by atoms with Crippen molar-refractivity contribution in [3.63, 3.8) is 0 Å². The van der Waals surface area contributed by atoms with Crippen LogP contribution in [-0.2, 0) is 4.79 Å². The second-order valence-electron chi connectivity index (χ2n) is 7.36. The van der Waals surface area contributed by atoms with Gasteiger partial charge in [0, 0.05) is 57.4 Å². The fourth-order valence-corrected chi connectivity index (χ4v) is 3.24. The Bertz CT molecular complexity index is 816. The molecule has 2 heterocycles. The van der Waals surface area contributed by atoms with E-state index in [0.29, 0.717) is 5.82 Å². The van der Waals surface area contributed by atoms with Crippen LogP contribution in [0.25, 0.3) is 11.3 Å². The first kappa shape index (κ1) is 20.0. The molecule has 28 heavy (non-hydrogen) atoms. The Balaban J connectivity index is 1.73. The third-order valence-electron chi connectivity index (χ3n) is 4.80. The number of carbonyl (C=O) groups is 1. The topological polar surface area (TPSA) is 90.6 Å². The minimum Gasteiger partial charge on any atom is -0.381 e. The Morgan fingerprint density at radius 3 is 2.68 bits per heavy atom. The molecule has 0 atom stereocenters. The van der Waals surface area contributed by atoms with Gasteiger partial charge in [0.2, 0.25) is 5.91 Å². The van der Waals surface area contributed by atoms with Crippen LogP contribution < -0.4 is 16.0 Å². The standard InChI is InChI=1S/C20H29N7O/c1-15(28)23-17-6-4-5-16(13-17)18-14-22-19(21)20(24-18)27-11-9-26(10-12-27)8-7-25(2)3/h4-6,13-14H,7-12H2,1-3H3,(H2,21,22)(H,23,28). The first-order valence-electron chi connectivity index (χ1n) is 9.55. The van der Waals surface area contributed by atoms with E-state index < -0.39 is 0 Å². The van der Waals surface area contributed by atoms with E-state index in [1.807, 2.05) is 24.3 Å². The van der Waals surface area contributed by atoms with Gasteiger partial charge in [-0.15, -0.1) is 0 Å². The zero-order valence-electron chi connectivity index (χ0n) is 16.9. The van der Waals surface area contributed by atoms with E-state index in [-0.39, 0.29) is 5.91 Å². The summed E-state index contributed by atoms with van der Waals surface area (Å²) in [5, 5.41) is 2.80. The molecule has 0 spiro atoms. The number of hydrogen-bond acceptors (Lipinski definition) is 7. The average molecular weight is 384 g/mol. The van der Waals surface area contributed by atoms with E-state index in [1.54, 1.807) is 6.20 Å². The van der Waals surface area contributed by atoms with Gasteiger partial charge < -0.3 is 20.9 Å². The van der Waals surface area contributed by atoms with E-state index in [9.17, 15) is 4.79 Å². The summed E-state index contributed by atoms with van der Waals surface area (Å²) in [6, 6.07) is 7.59. The Morgan fingerprint density at radius 1 is 1.25 bits per heavy atom. The zero-order chi connectivity index (χ0) is 20.1. The summed E-state index contributed by atoms with van der Waals surface area (Å²) in [4.78, 5) is 27.3. The number of aromatic nitrogens is 2. The summed E-state index contributed by atoms with van der Waals surface area (Å²) in [6.07, 6.45) is 1.68. The van der Waals surface area contributed by atoms with Gasteiger partial charge in [-0.1, -0.05) is 12.1 Å². The molecule has 2 aromatic rings. The Hall–Kier alpha value is -2.71. The van der Waals surface area contributed by atoms with E-state index in [4.69, 9.17) is 10.7 Å². The number of hydrogen-bond donors (Lipinski definition) is 2. The maximum atomic E-state index is 11.3. The van der Waals surface area contributed by atoms with Crippen LogP contribution in [0.5, 0.6) is 0 Å². The quantitative estimate of drug-likeness (QED) is 0.778. The number of anilines is 3. The highest BCUT2D eigenvalue weighted by molar-refractivity contribution is 5.89. The van der Waals surface area contributed by atoms with Crippen LogP contribution in [0.3, 0.4) is 0 Å². The third kappa shape index (κ3) is 5.17. The minimum absolute atomic E-state index is 0.103. The Kier molecular flexibility index (Phi) is 6.43. The third-order valence-corrected chi connectivity index (χ3v) is 4.80. The Morgan fingerprint density at radius 2 is 2.00 bits per heavy atom. The van der Waals surface area contributed by atoms with Crippen LogP contribution in [0.2, 0.25) is 0 Å². The summed E-state index contributed by atoms with van der Waals surface area (Å²) >= 11 is 0. The van der Waals surface area contributed by atoms with Crippen molar-refractivity contribution in [3.05, 3.63) is 30.5 Å². The predicted octanol–water partition coefficient (Wildman–Crippen LogP) is 1.37. The molecule has 1 aliphatic heterocycles. The summed E-state index contributed by atoms with van der Waals surface area (Å²) in [6.45, 7) is 7.34. The lowest BCUT2D eigenvalue weighted by molar-refractivity contribution is -0.114. The SMILES string of the molecule is CC(=O)Nc1cccc(-c2cnc(N)c(N3CCN(CCN(C)C)CC3)n2)c1. The molecule has 1 aromatic heterocycles. The van der Waals surface area contributed by atoms with Crippen LogP contribution in [0.1, 0.15) is 6.92 Å².